The van der Waals surface area contributed by atoms with Crippen LogP contribution in [0.5, 0.6) is 0 Å². The van der Waals surface area contributed by atoms with E-state index in [0.29, 0.717) is 0 Å². The van der Waals surface area contributed by atoms with E-state index in [-0.39, 0.29) is 11.6 Å². The van der Waals surface area contributed by atoms with Gasteiger partial charge < -0.3 is 10.6 Å². The van der Waals surface area contributed by atoms with Crippen molar-refractivity contribution in [3.05, 3.63) is 35.4 Å². The first-order valence-corrected chi connectivity index (χ1v) is 5.35. The second-order valence-corrected chi connectivity index (χ2v) is 4.94. The van der Waals surface area contributed by atoms with Gasteiger partial charge in [0.15, 0.2) is 0 Å². The van der Waals surface area contributed by atoms with Crippen molar-refractivity contribution in [1.82, 2.24) is 4.90 Å². The van der Waals surface area contributed by atoms with Crippen LogP contribution in [0.15, 0.2) is 24.3 Å². The van der Waals surface area contributed by atoms with E-state index in [2.05, 4.69) is 64.0 Å². The lowest BCUT2D eigenvalue weighted by atomic mass is 9.88. The highest BCUT2D eigenvalue weighted by molar-refractivity contribution is 5.26. The summed E-state index contributed by atoms with van der Waals surface area (Å²) in [7, 11) is 4.13. The van der Waals surface area contributed by atoms with Crippen LogP contribution in [0.2, 0.25) is 0 Å². The zero-order valence-corrected chi connectivity index (χ0v) is 10.4. The normalized spacial score (nSPS) is 14.3. The van der Waals surface area contributed by atoms with Crippen LogP contribution in [0.25, 0.3) is 0 Å². The van der Waals surface area contributed by atoms with Gasteiger partial charge in [0.1, 0.15) is 0 Å². The number of hydrogen-bond acceptors (Lipinski definition) is 2. The average Bonchev–Trinajstić information content (AvgIpc) is 2.17. The van der Waals surface area contributed by atoms with Gasteiger partial charge in [0.05, 0.1) is 0 Å². The fourth-order valence-electron chi connectivity index (χ4n) is 1.46. The Balaban J connectivity index is 2.94. The summed E-state index contributed by atoms with van der Waals surface area (Å²) in [5, 5.41) is 0. The third-order valence-corrected chi connectivity index (χ3v) is 3.35. The number of likely N-dealkylation sites (N-methyl/N-ethyl adjacent to an activating group) is 1. The lowest BCUT2D eigenvalue weighted by Gasteiger charge is -2.38. The van der Waals surface area contributed by atoms with Crippen molar-refractivity contribution in [2.75, 3.05) is 14.1 Å². The molecule has 0 aliphatic rings. The molecule has 1 unspecified atom stereocenters. The van der Waals surface area contributed by atoms with Gasteiger partial charge in [-0.3, -0.25) is 0 Å². The topological polar surface area (TPSA) is 29.3 Å². The van der Waals surface area contributed by atoms with Crippen LogP contribution >= 0.6 is 0 Å². The van der Waals surface area contributed by atoms with E-state index < -0.39 is 0 Å². The van der Waals surface area contributed by atoms with E-state index in [0.717, 1.165) is 0 Å². The molecule has 2 nitrogen and oxygen atoms in total. The molecular weight excluding hydrogens is 184 g/mol. The largest absolute Gasteiger partial charge is 0.322 e. The van der Waals surface area contributed by atoms with Gasteiger partial charge in [-0.25, -0.2) is 0 Å². The SMILES string of the molecule is Cc1ccc(C(N)C(C)(C)N(C)C)cc1. The number of benzene rings is 1. The van der Waals surface area contributed by atoms with Crippen LogP contribution in [0.3, 0.4) is 0 Å². The van der Waals surface area contributed by atoms with Gasteiger partial charge >= 0.3 is 0 Å². The highest BCUT2D eigenvalue weighted by atomic mass is 15.2. The molecule has 2 heteroatoms. The van der Waals surface area contributed by atoms with Crippen molar-refractivity contribution in [1.29, 1.82) is 0 Å². The molecule has 0 amide bonds. The Labute approximate surface area is 93.1 Å². The average molecular weight is 206 g/mol. The molecule has 0 spiro atoms. The highest BCUT2D eigenvalue weighted by Crippen LogP contribution is 2.27. The van der Waals surface area contributed by atoms with Crippen LogP contribution in [-0.2, 0) is 0 Å². The van der Waals surface area contributed by atoms with Crippen LogP contribution in [-0.4, -0.2) is 24.5 Å². The molecule has 0 aliphatic heterocycles. The van der Waals surface area contributed by atoms with Crippen LogP contribution < -0.4 is 5.73 Å². The Hall–Kier alpha value is -0.860. The maximum absolute atomic E-state index is 6.28. The van der Waals surface area contributed by atoms with Crippen molar-refractivity contribution in [3.63, 3.8) is 0 Å². The summed E-state index contributed by atoms with van der Waals surface area (Å²) in [6.07, 6.45) is 0. The van der Waals surface area contributed by atoms with Gasteiger partial charge in [-0.2, -0.15) is 0 Å². The van der Waals surface area contributed by atoms with Gasteiger partial charge in [-0.15, -0.1) is 0 Å². The highest BCUT2D eigenvalue weighted by Gasteiger charge is 2.29. The Morgan fingerprint density at radius 1 is 1.13 bits per heavy atom. The zero-order chi connectivity index (χ0) is 11.6. The maximum Gasteiger partial charge on any atom is 0.0476 e. The first-order chi connectivity index (χ1) is 6.85. The molecule has 1 atom stereocenters. The van der Waals surface area contributed by atoms with Crippen LogP contribution in [0, 0.1) is 6.92 Å². The number of hydrogen-bond donors (Lipinski definition) is 1. The molecule has 1 aromatic carbocycles. The molecule has 0 radical (unpaired) electrons. The molecule has 84 valence electrons. The molecule has 0 saturated heterocycles. The number of aryl methyl sites for hydroxylation is 1. The van der Waals surface area contributed by atoms with E-state index >= 15 is 0 Å². The van der Waals surface area contributed by atoms with Crippen molar-refractivity contribution in [2.24, 2.45) is 5.73 Å². The summed E-state index contributed by atoms with van der Waals surface area (Å²) in [5.74, 6) is 0. The molecule has 0 aromatic heterocycles. The second kappa shape index (κ2) is 4.33. The number of nitrogens with zero attached hydrogens (tertiary/aromatic N) is 1. The molecule has 0 fully saturated rings. The van der Waals surface area contributed by atoms with Crippen LogP contribution in [0.4, 0.5) is 0 Å². The minimum atomic E-state index is -0.0325. The minimum Gasteiger partial charge on any atom is -0.322 e. The van der Waals surface area contributed by atoms with Gasteiger partial charge in [-0.05, 0) is 40.4 Å². The number of rotatable bonds is 3. The maximum atomic E-state index is 6.28. The molecule has 0 bridgehead atoms. The summed E-state index contributed by atoms with van der Waals surface area (Å²) in [5.41, 5.74) is 8.72. The van der Waals surface area contributed by atoms with E-state index in [1.54, 1.807) is 0 Å². The first-order valence-electron chi connectivity index (χ1n) is 5.35. The van der Waals surface area contributed by atoms with Gasteiger partial charge in [0, 0.05) is 11.6 Å². The van der Waals surface area contributed by atoms with E-state index in [4.69, 9.17) is 5.73 Å². The molecular formula is C13H22N2. The molecule has 0 saturated carbocycles. The van der Waals surface area contributed by atoms with Crippen molar-refractivity contribution < 1.29 is 0 Å². The summed E-state index contributed by atoms with van der Waals surface area (Å²) >= 11 is 0. The summed E-state index contributed by atoms with van der Waals surface area (Å²) in [6.45, 7) is 6.42. The fraction of sp³-hybridized carbons (Fsp3) is 0.538. The van der Waals surface area contributed by atoms with Gasteiger partial charge in [0.25, 0.3) is 0 Å². The summed E-state index contributed by atoms with van der Waals surface area (Å²) in [4.78, 5) is 2.16. The summed E-state index contributed by atoms with van der Waals surface area (Å²) in [6, 6.07) is 8.49. The Morgan fingerprint density at radius 2 is 1.60 bits per heavy atom. The third kappa shape index (κ3) is 2.58. The number of nitrogens with two attached hydrogens (primary N) is 1. The minimum absolute atomic E-state index is 0.0325. The van der Waals surface area contributed by atoms with E-state index in [1.807, 2.05) is 0 Å². The van der Waals surface area contributed by atoms with Crippen molar-refractivity contribution >= 4 is 0 Å². The predicted molar refractivity (Wildman–Crippen MR) is 65.9 cm³/mol. The quantitative estimate of drug-likeness (QED) is 0.822. The van der Waals surface area contributed by atoms with E-state index in [1.165, 1.54) is 11.1 Å². The molecule has 1 rings (SSSR count). The lowest BCUT2D eigenvalue weighted by Crippen LogP contribution is -2.47. The standard InChI is InChI=1S/C13H22N2/c1-10-6-8-11(9-7-10)12(14)13(2,3)15(4)5/h6-9,12H,14H2,1-5H3. The lowest BCUT2D eigenvalue weighted by molar-refractivity contribution is 0.159. The first kappa shape index (κ1) is 12.2. The Morgan fingerprint density at radius 3 is 2.00 bits per heavy atom. The molecule has 15 heavy (non-hydrogen) atoms. The van der Waals surface area contributed by atoms with Gasteiger partial charge in [-0.1, -0.05) is 29.8 Å². The van der Waals surface area contributed by atoms with Gasteiger partial charge in [0.2, 0.25) is 0 Å². The van der Waals surface area contributed by atoms with Crippen LogP contribution in [0.1, 0.15) is 31.0 Å². The molecule has 1 aromatic rings. The molecule has 0 aliphatic carbocycles. The third-order valence-electron chi connectivity index (χ3n) is 3.35. The predicted octanol–water partition coefficient (Wildman–Crippen LogP) is 2.34. The zero-order valence-electron chi connectivity index (χ0n) is 10.4. The molecule has 0 heterocycles. The van der Waals surface area contributed by atoms with Crippen molar-refractivity contribution in [3.8, 4) is 0 Å². The Bertz CT molecular complexity index is 312. The molecule has 2 N–H and O–H groups in total. The summed E-state index contributed by atoms with van der Waals surface area (Å²) < 4.78 is 0. The smallest absolute Gasteiger partial charge is 0.0476 e. The monoisotopic (exact) mass is 206 g/mol. The fourth-order valence-corrected chi connectivity index (χ4v) is 1.46. The second-order valence-electron chi connectivity index (χ2n) is 4.94. The Kier molecular flexibility index (Phi) is 3.53. The van der Waals surface area contributed by atoms with E-state index in [9.17, 15) is 0 Å². The van der Waals surface area contributed by atoms with Crippen molar-refractivity contribution in [2.45, 2.75) is 32.4 Å².